The number of nitrogens with one attached hydrogen (secondary N) is 1. The zero-order valence-electron chi connectivity index (χ0n) is 11.7. The maximum atomic E-state index is 13.0. The van der Waals surface area contributed by atoms with Crippen molar-refractivity contribution in [3.63, 3.8) is 0 Å². The van der Waals surface area contributed by atoms with Gasteiger partial charge in [-0.25, -0.2) is 26.3 Å². The number of hydrogen-bond acceptors (Lipinski definition) is 2. The normalized spacial score (nSPS) is 12.4. The average molecular weight is 369 g/mol. The molecule has 0 radical (unpaired) electrons. The van der Waals surface area contributed by atoms with E-state index in [1.54, 1.807) is 0 Å². The second kappa shape index (κ2) is 6.44. The minimum atomic E-state index is -4.73. The van der Waals surface area contributed by atoms with Crippen LogP contribution in [0.25, 0.3) is 0 Å². The van der Waals surface area contributed by atoms with Crippen LogP contribution in [0.4, 0.5) is 26.3 Å². The number of alkyl halides is 3. The fraction of sp³-hybridized carbons (Fsp3) is 0.143. The highest BCUT2D eigenvalue weighted by molar-refractivity contribution is 7.89. The molecule has 0 amide bonds. The SMILES string of the molecule is O=S(=O)(NCc1cc(F)c(F)c(F)c1)c1cccc(C(F)(F)F)c1. The molecule has 24 heavy (non-hydrogen) atoms. The van der Waals surface area contributed by atoms with Crippen LogP contribution in [0.1, 0.15) is 11.1 Å². The Morgan fingerprint density at radius 3 is 2.08 bits per heavy atom. The van der Waals surface area contributed by atoms with Gasteiger partial charge in [-0.1, -0.05) is 6.07 Å². The molecule has 0 fully saturated rings. The first-order chi connectivity index (χ1) is 11.0. The van der Waals surface area contributed by atoms with Gasteiger partial charge in [0.1, 0.15) is 0 Å². The highest BCUT2D eigenvalue weighted by Gasteiger charge is 2.31. The monoisotopic (exact) mass is 369 g/mol. The zero-order valence-corrected chi connectivity index (χ0v) is 12.5. The van der Waals surface area contributed by atoms with Gasteiger partial charge in [0.25, 0.3) is 0 Å². The molecule has 0 bridgehead atoms. The van der Waals surface area contributed by atoms with Crippen molar-refractivity contribution in [3.05, 3.63) is 65.0 Å². The van der Waals surface area contributed by atoms with Crippen LogP contribution in [-0.4, -0.2) is 8.42 Å². The molecule has 10 heteroatoms. The smallest absolute Gasteiger partial charge is 0.207 e. The molecule has 0 unspecified atom stereocenters. The highest BCUT2D eigenvalue weighted by Crippen LogP contribution is 2.30. The molecule has 130 valence electrons. The van der Waals surface area contributed by atoms with Crippen molar-refractivity contribution >= 4 is 10.0 Å². The van der Waals surface area contributed by atoms with Gasteiger partial charge in [-0.2, -0.15) is 13.2 Å². The van der Waals surface area contributed by atoms with Crippen LogP contribution in [0.15, 0.2) is 41.3 Å². The molecule has 0 aromatic heterocycles. The first-order valence-electron chi connectivity index (χ1n) is 6.31. The number of halogens is 6. The lowest BCUT2D eigenvalue weighted by atomic mass is 10.2. The molecule has 0 spiro atoms. The van der Waals surface area contributed by atoms with Crippen molar-refractivity contribution in [2.45, 2.75) is 17.6 Å². The Kier molecular flexibility index (Phi) is 4.90. The van der Waals surface area contributed by atoms with Gasteiger partial charge in [0.05, 0.1) is 10.5 Å². The molecule has 3 nitrogen and oxygen atoms in total. The van der Waals surface area contributed by atoms with Gasteiger partial charge in [-0.3, -0.25) is 0 Å². The van der Waals surface area contributed by atoms with Crippen molar-refractivity contribution in [2.75, 3.05) is 0 Å². The van der Waals surface area contributed by atoms with Gasteiger partial charge < -0.3 is 0 Å². The van der Waals surface area contributed by atoms with Crippen molar-refractivity contribution in [3.8, 4) is 0 Å². The Hall–Kier alpha value is -2.07. The summed E-state index contributed by atoms with van der Waals surface area (Å²) in [6, 6.07) is 4.12. The van der Waals surface area contributed by atoms with Crippen LogP contribution >= 0.6 is 0 Å². The summed E-state index contributed by atoms with van der Waals surface area (Å²) in [4.78, 5) is -0.666. The van der Waals surface area contributed by atoms with Crippen molar-refractivity contribution in [2.24, 2.45) is 0 Å². The van der Waals surface area contributed by atoms with E-state index in [4.69, 9.17) is 0 Å². The standard InChI is InChI=1S/C14H9F6NO2S/c15-11-4-8(5-12(16)13(11)17)7-21-24(22,23)10-3-1-2-9(6-10)14(18,19)20/h1-6,21H,7H2. The van der Waals surface area contributed by atoms with Gasteiger partial charge in [-0.05, 0) is 35.9 Å². The van der Waals surface area contributed by atoms with E-state index in [2.05, 4.69) is 0 Å². The van der Waals surface area contributed by atoms with Crippen LogP contribution in [0.5, 0.6) is 0 Å². The number of hydrogen-bond donors (Lipinski definition) is 1. The molecular weight excluding hydrogens is 360 g/mol. The summed E-state index contributed by atoms with van der Waals surface area (Å²) >= 11 is 0. The van der Waals surface area contributed by atoms with Gasteiger partial charge >= 0.3 is 6.18 Å². The van der Waals surface area contributed by atoms with Crippen LogP contribution in [-0.2, 0) is 22.7 Å². The van der Waals surface area contributed by atoms with Crippen molar-refractivity contribution < 1.29 is 34.8 Å². The topological polar surface area (TPSA) is 46.2 Å². The lowest BCUT2D eigenvalue weighted by molar-refractivity contribution is -0.137. The molecule has 0 saturated carbocycles. The second-order valence-electron chi connectivity index (χ2n) is 4.72. The second-order valence-corrected chi connectivity index (χ2v) is 6.49. The molecule has 2 aromatic carbocycles. The highest BCUT2D eigenvalue weighted by atomic mass is 32.2. The van der Waals surface area contributed by atoms with E-state index in [1.807, 2.05) is 4.72 Å². The molecular formula is C14H9F6NO2S. The van der Waals surface area contributed by atoms with E-state index in [0.717, 1.165) is 12.1 Å². The summed E-state index contributed by atoms with van der Waals surface area (Å²) in [5.41, 5.74) is -1.40. The Morgan fingerprint density at radius 1 is 0.958 bits per heavy atom. The first-order valence-corrected chi connectivity index (χ1v) is 7.79. The summed E-state index contributed by atoms with van der Waals surface area (Å²) in [6.45, 7) is -0.632. The van der Waals surface area contributed by atoms with E-state index >= 15 is 0 Å². The van der Waals surface area contributed by atoms with E-state index in [1.165, 1.54) is 0 Å². The van der Waals surface area contributed by atoms with Gasteiger partial charge in [-0.15, -0.1) is 0 Å². The largest absolute Gasteiger partial charge is 0.416 e. The van der Waals surface area contributed by atoms with E-state index < -0.39 is 50.7 Å². The molecule has 0 aliphatic rings. The summed E-state index contributed by atoms with van der Waals surface area (Å²) in [5.74, 6) is -4.73. The molecule has 0 aliphatic carbocycles. The lowest BCUT2D eigenvalue weighted by Crippen LogP contribution is -2.24. The summed E-state index contributed by atoms with van der Waals surface area (Å²) in [6.07, 6.45) is -4.73. The van der Waals surface area contributed by atoms with E-state index in [0.29, 0.717) is 24.3 Å². The van der Waals surface area contributed by atoms with Gasteiger partial charge in [0.2, 0.25) is 10.0 Å². The fourth-order valence-electron chi connectivity index (χ4n) is 1.81. The fourth-order valence-corrected chi connectivity index (χ4v) is 2.87. The minimum Gasteiger partial charge on any atom is -0.207 e. The Morgan fingerprint density at radius 2 is 1.54 bits per heavy atom. The van der Waals surface area contributed by atoms with E-state index in [-0.39, 0.29) is 5.56 Å². The van der Waals surface area contributed by atoms with E-state index in [9.17, 15) is 34.8 Å². The Bertz CT molecular complexity index is 841. The van der Waals surface area contributed by atoms with Crippen LogP contribution in [0.2, 0.25) is 0 Å². The molecule has 2 aromatic rings. The molecule has 2 rings (SSSR count). The maximum absolute atomic E-state index is 13.0. The van der Waals surface area contributed by atoms with Gasteiger partial charge in [0.15, 0.2) is 17.5 Å². The minimum absolute atomic E-state index is 0.234. The quantitative estimate of drug-likeness (QED) is 0.661. The molecule has 0 atom stereocenters. The number of sulfonamides is 1. The predicted octanol–water partition coefficient (Wildman–Crippen LogP) is 3.60. The summed E-state index contributed by atoms with van der Waals surface area (Å²) in [7, 11) is -4.37. The maximum Gasteiger partial charge on any atom is 0.416 e. The number of rotatable bonds is 4. The Balaban J connectivity index is 2.23. The summed E-state index contributed by atoms with van der Waals surface area (Å²) in [5, 5.41) is 0. The first kappa shape index (κ1) is 18.3. The zero-order chi connectivity index (χ0) is 18.1. The van der Waals surface area contributed by atoms with Crippen molar-refractivity contribution in [1.29, 1.82) is 0 Å². The van der Waals surface area contributed by atoms with Crippen LogP contribution in [0.3, 0.4) is 0 Å². The molecule has 1 N–H and O–H groups in total. The molecule has 0 saturated heterocycles. The molecule has 0 aliphatic heterocycles. The van der Waals surface area contributed by atoms with Crippen LogP contribution < -0.4 is 4.72 Å². The third-order valence-corrected chi connectivity index (χ3v) is 4.38. The Labute approximate surface area is 133 Å². The third-order valence-electron chi connectivity index (χ3n) is 2.98. The van der Waals surface area contributed by atoms with Crippen molar-refractivity contribution in [1.82, 2.24) is 4.72 Å². The van der Waals surface area contributed by atoms with Gasteiger partial charge in [0, 0.05) is 6.54 Å². The average Bonchev–Trinajstić information content (AvgIpc) is 2.50. The third kappa shape index (κ3) is 4.06. The number of benzene rings is 2. The molecule has 0 heterocycles. The predicted molar refractivity (Wildman–Crippen MR) is 71.8 cm³/mol. The summed E-state index contributed by atoms with van der Waals surface area (Å²) < 4.78 is 103. The van der Waals surface area contributed by atoms with Crippen LogP contribution in [0, 0.1) is 17.5 Å². The lowest BCUT2D eigenvalue weighted by Gasteiger charge is -2.10.